The quantitative estimate of drug-likeness (QED) is 0.698. The van der Waals surface area contributed by atoms with Crippen LogP contribution in [-0.4, -0.2) is 15.7 Å². The predicted molar refractivity (Wildman–Crippen MR) is 77.9 cm³/mol. The summed E-state index contributed by atoms with van der Waals surface area (Å²) in [6, 6.07) is 4.58. The van der Waals surface area contributed by atoms with E-state index in [4.69, 9.17) is 33.7 Å². The van der Waals surface area contributed by atoms with Gasteiger partial charge in [-0.05, 0) is 25.1 Å². The smallest absolute Gasteiger partial charge is 0.338 e. The first-order chi connectivity index (χ1) is 9.40. The van der Waals surface area contributed by atoms with Crippen LogP contribution in [0.25, 0.3) is 0 Å². The fourth-order valence-corrected chi connectivity index (χ4v) is 2.06. The van der Waals surface area contributed by atoms with Crippen molar-refractivity contribution in [2.75, 3.05) is 5.73 Å². The molecule has 0 saturated heterocycles. The molecule has 0 amide bonds. The fraction of sp³-hybridized carbons (Fsp3) is 0.231. The van der Waals surface area contributed by atoms with E-state index in [1.165, 1.54) is 6.07 Å². The van der Waals surface area contributed by atoms with Gasteiger partial charge < -0.3 is 10.5 Å². The van der Waals surface area contributed by atoms with E-state index in [1.807, 2.05) is 0 Å². The van der Waals surface area contributed by atoms with Crippen LogP contribution < -0.4 is 5.73 Å². The molecule has 0 bridgehead atoms. The Balaban J connectivity index is 2.10. The van der Waals surface area contributed by atoms with Crippen molar-refractivity contribution >= 4 is 34.9 Å². The summed E-state index contributed by atoms with van der Waals surface area (Å²) in [5, 5.41) is 5.03. The summed E-state index contributed by atoms with van der Waals surface area (Å²) in [5.41, 5.74) is 7.64. The molecular formula is C13H13Cl2N3O2. The summed E-state index contributed by atoms with van der Waals surface area (Å²) in [5.74, 6) is -0.497. The van der Waals surface area contributed by atoms with E-state index in [-0.39, 0.29) is 6.61 Å². The molecular weight excluding hydrogens is 301 g/mol. The van der Waals surface area contributed by atoms with Crippen molar-refractivity contribution in [2.45, 2.75) is 13.5 Å². The van der Waals surface area contributed by atoms with Crippen LogP contribution in [0.4, 0.5) is 5.69 Å². The zero-order valence-electron chi connectivity index (χ0n) is 11.0. The third-order valence-corrected chi connectivity index (χ3v) is 3.67. The van der Waals surface area contributed by atoms with Gasteiger partial charge in [-0.2, -0.15) is 5.10 Å². The number of carbonyl (C=O) groups excluding carboxylic acids is 1. The molecule has 5 nitrogen and oxygen atoms in total. The number of nitrogens with two attached hydrogens (primary N) is 1. The Morgan fingerprint density at radius 1 is 1.45 bits per heavy atom. The zero-order valence-corrected chi connectivity index (χ0v) is 12.5. The van der Waals surface area contributed by atoms with Crippen LogP contribution in [0.15, 0.2) is 18.2 Å². The highest BCUT2D eigenvalue weighted by Gasteiger charge is 2.14. The minimum atomic E-state index is -0.497. The average Bonchev–Trinajstić information content (AvgIpc) is 2.64. The van der Waals surface area contributed by atoms with Gasteiger partial charge in [-0.25, -0.2) is 4.79 Å². The lowest BCUT2D eigenvalue weighted by molar-refractivity contribution is 0.0464. The van der Waals surface area contributed by atoms with Crippen LogP contribution in [0, 0.1) is 6.92 Å². The molecule has 2 rings (SSSR count). The molecule has 1 aromatic carbocycles. The Bertz CT molecular complexity index is 668. The third-order valence-electron chi connectivity index (χ3n) is 2.83. The van der Waals surface area contributed by atoms with Gasteiger partial charge in [-0.1, -0.05) is 23.2 Å². The van der Waals surface area contributed by atoms with Crippen LogP contribution in [0.5, 0.6) is 0 Å². The van der Waals surface area contributed by atoms with Gasteiger partial charge in [0.25, 0.3) is 0 Å². The summed E-state index contributed by atoms with van der Waals surface area (Å²) < 4.78 is 6.79. The topological polar surface area (TPSA) is 70.1 Å². The van der Waals surface area contributed by atoms with Crippen LogP contribution in [-0.2, 0) is 18.4 Å². The molecule has 0 radical (unpaired) electrons. The molecule has 2 aromatic rings. The maximum Gasteiger partial charge on any atom is 0.338 e. The van der Waals surface area contributed by atoms with Gasteiger partial charge in [-0.3, -0.25) is 4.68 Å². The van der Waals surface area contributed by atoms with E-state index < -0.39 is 5.97 Å². The number of esters is 1. The predicted octanol–water partition coefficient (Wildman–Crippen LogP) is 2.97. The number of anilines is 1. The highest BCUT2D eigenvalue weighted by atomic mass is 35.5. The second-order valence-corrected chi connectivity index (χ2v) is 5.07. The van der Waals surface area contributed by atoms with E-state index in [9.17, 15) is 4.79 Å². The maximum absolute atomic E-state index is 11.9. The number of hydrogen-bond donors (Lipinski definition) is 1. The van der Waals surface area contributed by atoms with Crippen molar-refractivity contribution in [1.82, 2.24) is 9.78 Å². The molecule has 7 heteroatoms. The fourth-order valence-electron chi connectivity index (χ4n) is 1.72. The maximum atomic E-state index is 11.9. The molecule has 0 fully saturated rings. The molecule has 0 saturated carbocycles. The SMILES string of the molecule is Cc1nn(C)c(COC(=O)c2ccc(Cl)c(N)c2)c1Cl. The molecule has 0 aliphatic rings. The van der Waals surface area contributed by atoms with Gasteiger partial charge in [-0.15, -0.1) is 0 Å². The van der Waals surface area contributed by atoms with Crippen molar-refractivity contribution in [1.29, 1.82) is 0 Å². The lowest BCUT2D eigenvalue weighted by atomic mass is 10.2. The molecule has 106 valence electrons. The van der Waals surface area contributed by atoms with Crippen molar-refractivity contribution in [3.63, 3.8) is 0 Å². The van der Waals surface area contributed by atoms with Gasteiger partial charge >= 0.3 is 5.97 Å². The number of benzene rings is 1. The Kier molecular flexibility index (Phi) is 4.20. The number of halogens is 2. The molecule has 20 heavy (non-hydrogen) atoms. The van der Waals surface area contributed by atoms with E-state index in [2.05, 4.69) is 5.10 Å². The van der Waals surface area contributed by atoms with Crippen LogP contribution in [0.2, 0.25) is 10.0 Å². The Morgan fingerprint density at radius 2 is 2.15 bits per heavy atom. The van der Waals surface area contributed by atoms with Crippen molar-refractivity contribution < 1.29 is 9.53 Å². The molecule has 1 aromatic heterocycles. The second-order valence-electron chi connectivity index (χ2n) is 4.28. The Hall–Kier alpha value is -1.72. The summed E-state index contributed by atoms with van der Waals surface area (Å²) in [6.45, 7) is 1.82. The average molecular weight is 314 g/mol. The van der Waals surface area contributed by atoms with Gasteiger partial charge in [0.15, 0.2) is 0 Å². The number of hydrogen-bond acceptors (Lipinski definition) is 4. The number of carbonyl (C=O) groups is 1. The lowest BCUT2D eigenvalue weighted by Crippen LogP contribution is -2.08. The number of nitrogen functional groups attached to an aromatic ring is 1. The normalized spacial score (nSPS) is 10.6. The van der Waals surface area contributed by atoms with E-state index in [1.54, 1.807) is 30.8 Å². The molecule has 0 aliphatic carbocycles. The summed E-state index contributed by atoms with van der Waals surface area (Å²) in [7, 11) is 1.74. The van der Waals surface area contributed by atoms with Crippen LogP contribution in [0.1, 0.15) is 21.7 Å². The molecule has 1 heterocycles. The van der Waals surface area contributed by atoms with Gasteiger partial charge in [0.05, 0.1) is 32.7 Å². The number of aromatic nitrogens is 2. The third kappa shape index (κ3) is 2.89. The van der Waals surface area contributed by atoms with E-state index in [0.717, 1.165) is 0 Å². The number of ether oxygens (including phenoxy) is 1. The van der Waals surface area contributed by atoms with Gasteiger partial charge in [0.1, 0.15) is 6.61 Å². The largest absolute Gasteiger partial charge is 0.456 e. The van der Waals surface area contributed by atoms with Crippen molar-refractivity contribution in [3.05, 3.63) is 45.2 Å². The molecule has 2 N–H and O–H groups in total. The van der Waals surface area contributed by atoms with Gasteiger partial charge in [0.2, 0.25) is 0 Å². The van der Waals surface area contributed by atoms with Crippen molar-refractivity contribution in [3.8, 4) is 0 Å². The van der Waals surface area contributed by atoms with Crippen LogP contribution in [0.3, 0.4) is 0 Å². The zero-order chi connectivity index (χ0) is 14.9. The highest BCUT2D eigenvalue weighted by molar-refractivity contribution is 6.33. The molecule has 0 atom stereocenters. The first-order valence-electron chi connectivity index (χ1n) is 5.80. The minimum absolute atomic E-state index is 0.0392. The minimum Gasteiger partial charge on any atom is -0.456 e. The number of rotatable bonds is 3. The number of aryl methyl sites for hydroxylation is 2. The lowest BCUT2D eigenvalue weighted by Gasteiger charge is -2.07. The second kappa shape index (κ2) is 5.73. The Labute approximate surface area is 126 Å². The van der Waals surface area contributed by atoms with E-state index >= 15 is 0 Å². The van der Waals surface area contributed by atoms with Crippen LogP contribution >= 0.6 is 23.2 Å². The summed E-state index contributed by atoms with van der Waals surface area (Å²) in [4.78, 5) is 11.9. The highest BCUT2D eigenvalue weighted by Crippen LogP contribution is 2.22. The van der Waals surface area contributed by atoms with Gasteiger partial charge in [0, 0.05) is 7.05 Å². The molecule has 0 aliphatic heterocycles. The van der Waals surface area contributed by atoms with E-state index in [0.29, 0.717) is 32.7 Å². The monoisotopic (exact) mass is 313 g/mol. The Morgan fingerprint density at radius 3 is 2.70 bits per heavy atom. The number of nitrogens with zero attached hydrogens (tertiary/aromatic N) is 2. The molecule has 0 unspecified atom stereocenters. The first-order valence-corrected chi connectivity index (χ1v) is 6.56. The standard InChI is InChI=1S/C13H13Cl2N3O2/c1-7-12(15)11(18(2)17-7)6-20-13(19)8-3-4-9(14)10(16)5-8/h3-5H,6,16H2,1-2H3. The molecule has 0 spiro atoms. The summed E-state index contributed by atoms with van der Waals surface area (Å²) in [6.07, 6.45) is 0. The first kappa shape index (κ1) is 14.7. The van der Waals surface area contributed by atoms with Crippen molar-refractivity contribution in [2.24, 2.45) is 7.05 Å². The summed E-state index contributed by atoms with van der Waals surface area (Å²) >= 11 is 11.9.